The second-order valence-corrected chi connectivity index (χ2v) is 9.10. The van der Waals surface area contributed by atoms with Crippen molar-refractivity contribution in [3.05, 3.63) is 87.6 Å². The zero-order valence-electron chi connectivity index (χ0n) is 18.4. The molecule has 1 fully saturated rings. The number of H-pyrrole nitrogens is 1. The number of hydrogen-bond acceptors (Lipinski definition) is 5. The second-order valence-electron chi connectivity index (χ2n) is 9.10. The highest BCUT2D eigenvalue weighted by molar-refractivity contribution is 5.95. The molecule has 34 heavy (non-hydrogen) atoms. The van der Waals surface area contributed by atoms with Gasteiger partial charge in [-0.25, -0.2) is 9.49 Å². The quantitative estimate of drug-likeness (QED) is 0.509. The van der Waals surface area contributed by atoms with E-state index in [9.17, 15) is 14.0 Å². The molecule has 6 rings (SSSR count). The van der Waals surface area contributed by atoms with Crippen LogP contribution in [0.25, 0.3) is 10.8 Å². The van der Waals surface area contributed by atoms with Crippen LogP contribution in [0.3, 0.4) is 0 Å². The first kappa shape index (κ1) is 20.7. The molecule has 0 unspecified atom stereocenters. The molecule has 1 N–H and O–H groups in total. The summed E-state index contributed by atoms with van der Waals surface area (Å²) in [6.07, 6.45) is 4.74. The number of likely N-dealkylation sites (tertiary alicyclic amines) is 1. The molecule has 9 heteroatoms. The predicted octanol–water partition coefficient (Wildman–Crippen LogP) is 2.89. The smallest absolute Gasteiger partial charge is 0.272 e. The van der Waals surface area contributed by atoms with E-state index in [1.54, 1.807) is 35.5 Å². The molecule has 1 saturated heterocycles. The largest absolute Gasteiger partial charge is 0.338 e. The molecule has 2 aliphatic rings. The summed E-state index contributed by atoms with van der Waals surface area (Å²) in [5.74, 6) is 0.499. The second kappa shape index (κ2) is 8.16. The molecular formula is C25H23FN6O2. The highest BCUT2D eigenvalue weighted by Gasteiger charge is 2.37. The standard InChI is InChI=1S/C25H23FN6O2/c26-20-7-5-15(12-21-17-3-1-2-4-18(17)24(33)30-28-21)11-19(20)25(34)31-10-9-22-16(13-31)6-8-23-29-27-14-32(22)23/h1-5,7,11,14,16,22H,6,8-10,12-13H2,(H,30,33)/t16-,22-/m0/s1. The van der Waals surface area contributed by atoms with Gasteiger partial charge in [-0.15, -0.1) is 10.2 Å². The van der Waals surface area contributed by atoms with E-state index in [1.165, 1.54) is 6.07 Å². The number of hydrogen-bond donors (Lipinski definition) is 1. The Morgan fingerprint density at radius 1 is 1.15 bits per heavy atom. The maximum Gasteiger partial charge on any atom is 0.272 e. The molecule has 172 valence electrons. The number of aryl methyl sites for hydroxylation is 1. The molecule has 2 aromatic carbocycles. The molecule has 0 saturated carbocycles. The molecule has 4 aromatic rings. The van der Waals surface area contributed by atoms with Crippen LogP contribution in [0.15, 0.2) is 53.6 Å². The Kier molecular flexibility index (Phi) is 4.97. The fourth-order valence-electron chi connectivity index (χ4n) is 5.41. The number of aromatic amines is 1. The monoisotopic (exact) mass is 458 g/mol. The highest BCUT2D eigenvalue weighted by atomic mass is 19.1. The molecule has 0 bridgehead atoms. The number of carbonyl (C=O) groups excluding carboxylic acids is 1. The van der Waals surface area contributed by atoms with Crippen LogP contribution >= 0.6 is 0 Å². The van der Waals surface area contributed by atoms with Crippen LogP contribution in [0, 0.1) is 11.7 Å². The number of fused-ring (bicyclic) bond motifs is 4. The van der Waals surface area contributed by atoms with Crippen LogP contribution in [0.5, 0.6) is 0 Å². The van der Waals surface area contributed by atoms with Crippen molar-refractivity contribution in [1.29, 1.82) is 0 Å². The predicted molar refractivity (Wildman–Crippen MR) is 123 cm³/mol. The number of nitrogens with zero attached hydrogens (tertiary/aromatic N) is 5. The van der Waals surface area contributed by atoms with E-state index in [-0.39, 0.29) is 17.0 Å². The Balaban J connectivity index is 1.25. The van der Waals surface area contributed by atoms with Gasteiger partial charge in [-0.3, -0.25) is 9.59 Å². The van der Waals surface area contributed by atoms with Crippen LogP contribution in [0.1, 0.15) is 46.3 Å². The van der Waals surface area contributed by atoms with Gasteiger partial charge in [0.25, 0.3) is 11.5 Å². The maximum absolute atomic E-state index is 14.8. The molecule has 8 nitrogen and oxygen atoms in total. The van der Waals surface area contributed by atoms with E-state index in [0.717, 1.165) is 36.0 Å². The molecule has 0 radical (unpaired) electrons. The third-order valence-corrected chi connectivity index (χ3v) is 7.13. The van der Waals surface area contributed by atoms with Crippen LogP contribution in [0.2, 0.25) is 0 Å². The maximum atomic E-state index is 14.8. The molecular weight excluding hydrogens is 435 g/mol. The first-order valence-corrected chi connectivity index (χ1v) is 11.5. The van der Waals surface area contributed by atoms with Crippen LogP contribution in [0.4, 0.5) is 4.39 Å². The van der Waals surface area contributed by atoms with Gasteiger partial charge >= 0.3 is 0 Å². The van der Waals surface area contributed by atoms with E-state index in [2.05, 4.69) is 25.0 Å². The third-order valence-electron chi connectivity index (χ3n) is 7.13. The van der Waals surface area contributed by atoms with Crippen molar-refractivity contribution in [2.75, 3.05) is 13.1 Å². The van der Waals surface area contributed by atoms with Gasteiger partial charge in [-0.2, -0.15) is 5.10 Å². The summed E-state index contributed by atoms with van der Waals surface area (Å²) in [6.45, 7) is 1.16. The van der Waals surface area contributed by atoms with Crippen molar-refractivity contribution < 1.29 is 9.18 Å². The minimum Gasteiger partial charge on any atom is -0.338 e. The summed E-state index contributed by atoms with van der Waals surface area (Å²) in [4.78, 5) is 27.2. The van der Waals surface area contributed by atoms with E-state index in [4.69, 9.17) is 0 Å². The van der Waals surface area contributed by atoms with Crippen LogP contribution in [-0.4, -0.2) is 48.9 Å². The highest BCUT2D eigenvalue weighted by Crippen LogP contribution is 2.36. The number of piperidine rings is 1. The lowest BCUT2D eigenvalue weighted by Crippen LogP contribution is -2.46. The number of aromatic nitrogens is 5. The minimum absolute atomic E-state index is 0.0745. The lowest BCUT2D eigenvalue weighted by Gasteiger charge is -2.41. The minimum atomic E-state index is -0.528. The molecule has 0 spiro atoms. The van der Waals surface area contributed by atoms with E-state index < -0.39 is 5.82 Å². The zero-order chi connectivity index (χ0) is 23.2. The van der Waals surface area contributed by atoms with Gasteiger partial charge in [0.2, 0.25) is 0 Å². The summed E-state index contributed by atoms with van der Waals surface area (Å²) in [6, 6.07) is 12.2. The normalized spacial score (nSPS) is 19.6. The molecule has 2 atom stereocenters. The zero-order valence-corrected chi connectivity index (χ0v) is 18.4. The first-order valence-electron chi connectivity index (χ1n) is 11.5. The van der Waals surface area contributed by atoms with Gasteiger partial charge in [0.05, 0.1) is 16.6 Å². The van der Waals surface area contributed by atoms with Crippen LogP contribution in [-0.2, 0) is 12.8 Å². The van der Waals surface area contributed by atoms with Crippen molar-refractivity contribution in [3.63, 3.8) is 0 Å². The van der Waals surface area contributed by atoms with Crippen molar-refractivity contribution in [1.82, 2.24) is 29.9 Å². The molecule has 2 aliphatic heterocycles. The number of rotatable bonds is 3. The van der Waals surface area contributed by atoms with Crippen LogP contribution < -0.4 is 5.56 Å². The summed E-state index contributed by atoms with van der Waals surface area (Å²) in [5, 5.41) is 16.3. The van der Waals surface area contributed by atoms with Gasteiger partial charge in [-0.05, 0) is 42.5 Å². The summed E-state index contributed by atoms with van der Waals surface area (Å²) < 4.78 is 16.9. The topological polar surface area (TPSA) is 96.8 Å². The van der Waals surface area contributed by atoms with Crippen molar-refractivity contribution in [3.8, 4) is 0 Å². The fourth-order valence-corrected chi connectivity index (χ4v) is 5.41. The van der Waals surface area contributed by atoms with E-state index >= 15 is 0 Å². The Labute approximate surface area is 194 Å². The summed E-state index contributed by atoms with van der Waals surface area (Å²) >= 11 is 0. The summed E-state index contributed by atoms with van der Waals surface area (Å²) in [5.41, 5.74) is 1.26. The number of benzene rings is 2. The SMILES string of the molecule is O=C(c1cc(Cc2n[nH]c(=O)c3ccccc23)ccc1F)N1CC[C@H]2[C@@H](CCc3nncn32)C1. The molecule has 4 heterocycles. The van der Waals surface area contributed by atoms with Crippen molar-refractivity contribution in [2.45, 2.75) is 31.7 Å². The van der Waals surface area contributed by atoms with Gasteiger partial charge in [-0.1, -0.05) is 24.3 Å². The summed E-state index contributed by atoms with van der Waals surface area (Å²) in [7, 11) is 0. The van der Waals surface area contributed by atoms with Crippen molar-refractivity contribution >= 4 is 16.7 Å². The number of nitrogens with one attached hydrogen (secondary N) is 1. The Morgan fingerprint density at radius 2 is 2.00 bits per heavy atom. The Bertz CT molecular complexity index is 1460. The fraction of sp³-hybridized carbons (Fsp3) is 0.320. The van der Waals surface area contributed by atoms with Gasteiger partial charge in [0, 0.05) is 37.4 Å². The average Bonchev–Trinajstić information content (AvgIpc) is 3.36. The molecule has 0 aliphatic carbocycles. The number of carbonyl (C=O) groups is 1. The van der Waals surface area contributed by atoms with Gasteiger partial charge < -0.3 is 9.47 Å². The van der Waals surface area contributed by atoms with E-state index in [1.807, 2.05) is 12.1 Å². The lowest BCUT2D eigenvalue weighted by atomic mass is 9.85. The lowest BCUT2D eigenvalue weighted by molar-refractivity contribution is 0.0562. The van der Waals surface area contributed by atoms with Gasteiger partial charge in [0.1, 0.15) is 18.0 Å². The van der Waals surface area contributed by atoms with Gasteiger partial charge in [0.15, 0.2) is 0 Å². The average molecular weight is 458 g/mol. The molecule has 1 amide bonds. The first-order chi connectivity index (χ1) is 16.6. The number of halogens is 1. The van der Waals surface area contributed by atoms with E-state index in [0.29, 0.717) is 42.6 Å². The third kappa shape index (κ3) is 3.48. The Morgan fingerprint density at radius 3 is 2.88 bits per heavy atom. The Hall–Kier alpha value is -3.88. The molecule has 2 aromatic heterocycles. The van der Waals surface area contributed by atoms with Crippen molar-refractivity contribution in [2.24, 2.45) is 5.92 Å². The number of amides is 1.